The summed E-state index contributed by atoms with van der Waals surface area (Å²) in [6.45, 7) is 2.24. The molecule has 0 radical (unpaired) electrons. The molecule has 1 saturated carbocycles. The molecule has 0 spiro atoms. The normalized spacial score (nSPS) is 28.9. The number of aromatic nitrogens is 1. The van der Waals surface area contributed by atoms with Gasteiger partial charge in [0.15, 0.2) is 0 Å². The number of fused-ring (bicyclic) bond motifs is 1. The molecule has 3 N–H and O–H groups in total. The van der Waals surface area contributed by atoms with Gasteiger partial charge in [-0.05, 0) is 30.9 Å². The van der Waals surface area contributed by atoms with E-state index >= 15 is 0 Å². The minimum Gasteiger partial charge on any atom is -0.351 e. The molecule has 3 rings (SSSR count). The van der Waals surface area contributed by atoms with E-state index in [2.05, 4.69) is 15.6 Å². The highest BCUT2D eigenvalue weighted by atomic mass is 16.2. The molecule has 2 heterocycles. The molecule has 2 fully saturated rings. The molecule has 1 aromatic rings. The van der Waals surface area contributed by atoms with Crippen LogP contribution in [0.2, 0.25) is 0 Å². The largest absolute Gasteiger partial charge is 0.351 e. The van der Waals surface area contributed by atoms with Crippen LogP contribution in [0.25, 0.3) is 0 Å². The first-order valence-electron chi connectivity index (χ1n) is 7.37. The average Bonchev–Trinajstić information content (AvgIpc) is 2.91. The van der Waals surface area contributed by atoms with Gasteiger partial charge in [-0.25, -0.2) is 0 Å². The van der Waals surface area contributed by atoms with Crippen LogP contribution in [0.1, 0.15) is 31.2 Å². The van der Waals surface area contributed by atoms with Gasteiger partial charge in [-0.3, -0.25) is 9.59 Å². The van der Waals surface area contributed by atoms with Crippen LogP contribution in [0.15, 0.2) is 23.1 Å². The van der Waals surface area contributed by atoms with Gasteiger partial charge in [0.2, 0.25) is 11.5 Å². The first-order valence-corrected chi connectivity index (χ1v) is 7.37. The van der Waals surface area contributed by atoms with Gasteiger partial charge in [0.25, 0.3) is 0 Å². The van der Waals surface area contributed by atoms with E-state index in [0.717, 1.165) is 37.9 Å². The third-order valence-corrected chi connectivity index (χ3v) is 4.79. The predicted molar refractivity (Wildman–Crippen MR) is 76.2 cm³/mol. The van der Waals surface area contributed by atoms with Crippen molar-refractivity contribution in [2.24, 2.45) is 11.3 Å². The van der Waals surface area contributed by atoms with Crippen LogP contribution in [0.5, 0.6) is 0 Å². The van der Waals surface area contributed by atoms with Crippen LogP contribution in [-0.2, 0) is 11.3 Å². The Labute approximate surface area is 118 Å². The van der Waals surface area contributed by atoms with E-state index in [0.29, 0.717) is 12.5 Å². The molecule has 0 unspecified atom stereocenters. The average molecular weight is 275 g/mol. The Bertz CT molecular complexity index is 534. The number of hydrogen-bond acceptors (Lipinski definition) is 3. The molecule has 0 bridgehead atoms. The molecule has 1 aliphatic carbocycles. The van der Waals surface area contributed by atoms with Crippen molar-refractivity contribution in [3.05, 3.63) is 34.2 Å². The van der Waals surface area contributed by atoms with Gasteiger partial charge in [-0.1, -0.05) is 18.9 Å². The summed E-state index contributed by atoms with van der Waals surface area (Å²) in [6, 6.07) is 3.24. The maximum atomic E-state index is 12.6. The summed E-state index contributed by atoms with van der Waals surface area (Å²) in [4.78, 5) is 26.3. The molecule has 5 nitrogen and oxygen atoms in total. The first kappa shape index (κ1) is 13.4. The maximum Gasteiger partial charge on any atom is 0.247 e. The van der Waals surface area contributed by atoms with Crippen LogP contribution in [-0.4, -0.2) is 24.0 Å². The van der Waals surface area contributed by atoms with Crippen LogP contribution < -0.4 is 16.2 Å². The molecule has 108 valence electrons. The van der Waals surface area contributed by atoms with Crippen molar-refractivity contribution in [2.45, 2.75) is 32.2 Å². The van der Waals surface area contributed by atoms with Gasteiger partial charge < -0.3 is 15.6 Å². The SMILES string of the molecule is O=C(NCc1ccc(=O)[nH]c1)[C@@]12CCCC[C@H]1CNC2. The van der Waals surface area contributed by atoms with Crippen LogP contribution in [0.3, 0.4) is 0 Å². The Kier molecular flexibility index (Phi) is 3.61. The number of aromatic amines is 1. The van der Waals surface area contributed by atoms with E-state index in [9.17, 15) is 9.59 Å². The third kappa shape index (κ3) is 2.38. The van der Waals surface area contributed by atoms with Gasteiger partial charge in [0.1, 0.15) is 0 Å². The smallest absolute Gasteiger partial charge is 0.247 e. The van der Waals surface area contributed by atoms with Crippen molar-refractivity contribution >= 4 is 5.91 Å². The zero-order valence-corrected chi connectivity index (χ0v) is 11.6. The molecule has 20 heavy (non-hydrogen) atoms. The fraction of sp³-hybridized carbons (Fsp3) is 0.600. The molecule has 2 atom stereocenters. The summed E-state index contributed by atoms with van der Waals surface area (Å²) in [6.07, 6.45) is 6.18. The topological polar surface area (TPSA) is 74.0 Å². The number of carbonyl (C=O) groups is 1. The van der Waals surface area contributed by atoms with E-state index < -0.39 is 0 Å². The minimum atomic E-state index is -0.208. The molecule has 1 aromatic heterocycles. The lowest BCUT2D eigenvalue weighted by Crippen LogP contribution is -2.47. The van der Waals surface area contributed by atoms with Gasteiger partial charge in [-0.15, -0.1) is 0 Å². The number of nitrogens with one attached hydrogen (secondary N) is 3. The third-order valence-electron chi connectivity index (χ3n) is 4.79. The Morgan fingerprint density at radius 1 is 1.40 bits per heavy atom. The molecule has 5 heteroatoms. The lowest BCUT2D eigenvalue weighted by molar-refractivity contribution is -0.134. The number of rotatable bonds is 3. The molecule has 2 aliphatic rings. The number of carbonyl (C=O) groups excluding carboxylic acids is 1. The lowest BCUT2D eigenvalue weighted by atomic mass is 9.67. The first-order chi connectivity index (χ1) is 9.71. The highest BCUT2D eigenvalue weighted by molar-refractivity contribution is 5.83. The zero-order valence-electron chi connectivity index (χ0n) is 11.6. The standard InChI is InChI=1S/C15H21N3O2/c19-13-5-4-11(7-17-13)8-18-14(20)15-6-2-1-3-12(15)9-16-10-15/h4-5,7,12,16H,1-3,6,8-10H2,(H,17,19)(H,18,20)/t12-,15+/m0/s1. The molecular weight excluding hydrogens is 254 g/mol. The van der Waals surface area contributed by atoms with E-state index in [-0.39, 0.29) is 16.9 Å². The van der Waals surface area contributed by atoms with Gasteiger partial charge in [0, 0.05) is 25.4 Å². The van der Waals surface area contributed by atoms with Crippen molar-refractivity contribution in [1.29, 1.82) is 0 Å². The van der Waals surface area contributed by atoms with Crippen LogP contribution in [0.4, 0.5) is 0 Å². The Morgan fingerprint density at radius 3 is 3.10 bits per heavy atom. The number of amides is 1. The Balaban J connectivity index is 1.66. The summed E-state index contributed by atoms with van der Waals surface area (Å²) < 4.78 is 0. The fourth-order valence-corrected chi connectivity index (χ4v) is 3.60. The highest BCUT2D eigenvalue weighted by Gasteiger charge is 2.49. The predicted octanol–water partition coefficient (Wildman–Crippen LogP) is 0.771. The van der Waals surface area contributed by atoms with Crippen LogP contribution in [0, 0.1) is 11.3 Å². The second kappa shape index (κ2) is 5.40. The fourth-order valence-electron chi connectivity index (χ4n) is 3.60. The Hall–Kier alpha value is -1.62. The van der Waals surface area contributed by atoms with Gasteiger partial charge in [-0.2, -0.15) is 0 Å². The lowest BCUT2D eigenvalue weighted by Gasteiger charge is -2.37. The van der Waals surface area contributed by atoms with E-state index in [1.807, 2.05) is 0 Å². The summed E-state index contributed by atoms with van der Waals surface area (Å²) in [5.41, 5.74) is 0.596. The van der Waals surface area contributed by atoms with Crippen molar-refractivity contribution in [2.75, 3.05) is 13.1 Å². The van der Waals surface area contributed by atoms with Crippen LogP contribution >= 0.6 is 0 Å². The van der Waals surface area contributed by atoms with Crippen molar-refractivity contribution in [3.63, 3.8) is 0 Å². The zero-order chi connectivity index (χ0) is 14.0. The Morgan fingerprint density at radius 2 is 2.30 bits per heavy atom. The maximum absolute atomic E-state index is 12.6. The van der Waals surface area contributed by atoms with E-state index in [4.69, 9.17) is 0 Å². The molecule has 1 aliphatic heterocycles. The minimum absolute atomic E-state index is 0.119. The van der Waals surface area contributed by atoms with Crippen molar-refractivity contribution in [1.82, 2.24) is 15.6 Å². The number of pyridine rings is 1. The van der Waals surface area contributed by atoms with E-state index in [1.165, 1.54) is 12.5 Å². The second-order valence-corrected chi connectivity index (χ2v) is 5.97. The second-order valence-electron chi connectivity index (χ2n) is 5.97. The van der Waals surface area contributed by atoms with Crippen molar-refractivity contribution < 1.29 is 4.79 Å². The number of hydrogen-bond donors (Lipinski definition) is 3. The summed E-state index contributed by atoms with van der Waals surface area (Å²) in [7, 11) is 0. The highest BCUT2D eigenvalue weighted by Crippen LogP contribution is 2.43. The summed E-state index contributed by atoms with van der Waals surface area (Å²) >= 11 is 0. The molecule has 1 amide bonds. The van der Waals surface area contributed by atoms with Gasteiger partial charge >= 0.3 is 0 Å². The van der Waals surface area contributed by atoms with Gasteiger partial charge in [0.05, 0.1) is 5.41 Å². The quantitative estimate of drug-likeness (QED) is 0.763. The van der Waals surface area contributed by atoms with E-state index in [1.54, 1.807) is 12.3 Å². The molecular formula is C15H21N3O2. The summed E-state index contributed by atoms with van der Waals surface area (Å²) in [5.74, 6) is 0.644. The summed E-state index contributed by atoms with van der Waals surface area (Å²) in [5, 5.41) is 6.43. The van der Waals surface area contributed by atoms with Crippen molar-refractivity contribution in [3.8, 4) is 0 Å². The molecule has 0 aromatic carbocycles. The molecule has 1 saturated heterocycles. The number of H-pyrrole nitrogens is 1. The monoisotopic (exact) mass is 275 g/mol.